The number of aliphatic hydroxyl groups is 1. The van der Waals surface area contributed by atoms with Crippen LogP contribution in [0.2, 0.25) is 0 Å². The first-order valence-corrected chi connectivity index (χ1v) is 4.72. The van der Waals surface area contributed by atoms with Crippen LogP contribution in [-0.2, 0) is 4.52 Å². The van der Waals surface area contributed by atoms with Crippen molar-refractivity contribution in [2.24, 2.45) is 5.41 Å². The van der Waals surface area contributed by atoms with E-state index in [1.807, 2.05) is 13.8 Å². The first-order chi connectivity index (χ1) is 5.24. The van der Waals surface area contributed by atoms with Gasteiger partial charge in [0.25, 0.3) is 0 Å². The molecular weight excluding hydrogens is 163 g/mol. The second-order valence-corrected chi connectivity index (χ2v) is 3.22. The van der Waals surface area contributed by atoms with E-state index in [9.17, 15) is 0 Å². The molecule has 1 unspecified atom stereocenters. The van der Waals surface area contributed by atoms with Gasteiger partial charge in [-0.15, -0.1) is 0 Å². The van der Waals surface area contributed by atoms with Crippen LogP contribution in [0.4, 0.5) is 0 Å². The van der Waals surface area contributed by atoms with Crippen LogP contribution in [0.15, 0.2) is 0 Å². The van der Waals surface area contributed by atoms with E-state index in [1.165, 1.54) is 0 Å². The third kappa shape index (κ3) is 3.48. The zero-order valence-corrected chi connectivity index (χ0v) is 8.13. The largest absolute Gasteiger partial charge is 0.396 e. The van der Waals surface area contributed by atoms with Crippen molar-refractivity contribution in [3.05, 3.63) is 0 Å². The summed E-state index contributed by atoms with van der Waals surface area (Å²) < 4.78 is 4.89. The first kappa shape index (κ1) is 11.3. The van der Waals surface area contributed by atoms with Gasteiger partial charge in [-0.05, 0) is 12.8 Å². The minimum Gasteiger partial charge on any atom is -0.396 e. The average Bonchev–Trinajstić information content (AvgIpc) is 2.08. The molecule has 3 nitrogen and oxygen atoms in total. The third-order valence-electron chi connectivity index (χ3n) is 2.28. The van der Waals surface area contributed by atoms with Gasteiger partial charge in [0.1, 0.15) is 0 Å². The molecule has 0 aliphatic rings. The van der Waals surface area contributed by atoms with Crippen LogP contribution in [0.25, 0.3) is 0 Å². The molecular formula is C7H17O3P. The molecule has 0 saturated heterocycles. The molecule has 2 N–H and O–H groups in total. The zero-order chi connectivity index (χ0) is 8.74. The summed E-state index contributed by atoms with van der Waals surface area (Å²) in [6.07, 6.45) is 1.76. The van der Waals surface area contributed by atoms with Gasteiger partial charge in [-0.2, -0.15) is 0 Å². The Morgan fingerprint density at radius 1 is 1.36 bits per heavy atom. The van der Waals surface area contributed by atoms with Gasteiger partial charge in [0, 0.05) is 5.41 Å². The Hall–Kier alpha value is 0.310. The number of hydrogen-bond acceptors (Lipinski definition) is 3. The summed E-state index contributed by atoms with van der Waals surface area (Å²) in [5.74, 6) is 0. The summed E-state index contributed by atoms with van der Waals surface area (Å²) in [7, 11) is -0.471. The molecule has 0 rings (SSSR count). The van der Waals surface area contributed by atoms with Gasteiger partial charge >= 0.3 is 0 Å². The highest BCUT2D eigenvalue weighted by molar-refractivity contribution is 7.24. The van der Waals surface area contributed by atoms with Crippen LogP contribution in [0, 0.1) is 5.41 Å². The normalized spacial score (nSPS) is 13.1. The van der Waals surface area contributed by atoms with Gasteiger partial charge < -0.3 is 14.5 Å². The van der Waals surface area contributed by atoms with Gasteiger partial charge in [-0.1, -0.05) is 13.8 Å². The molecule has 68 valence electrons. The Kier molecular flexibility index (Phi) is 6.06. The predicted octanol–water partition coefficient (Wildman–Crippen LogP) is 1.30. The molecule has 0 aromatic heterocycles. The first-order valence-electron chi connectivity index (χ1n) is 3.86. The van der Waals surface area contributed by atoms with Crippen molar-refractivity contribution in [1.29, 1.82) is 0 Å². The lowest BCUT2D eigenvalue weighted by Crippen LogP contribution is -2.28. The van der Waals surface area contributed by atoms with Gasteiger partial charge in [0.15, 0.2) is 9.03 Å². The van der Waals surface area contributed by atoms with Crippen molar-refractivity contribution in [3.8, 4) is 0 Å². The fraction of sp³-hybridized carbons (Fsp3) is 1.00. The van der Waals surface area contributed by atoms with Crippen LogP contribution in [0.3, 0.4) is 0 Å². The Morgan fingerprint density at radius 2 is 1.91 bits per heavy atom. The maximum absolute atomic E-state index is 9.04. The standard InChI is InChI=1S/C7H17O3P/c1-3-7(4-2,5-8)6-10-11-9/h8-9,11H,3-6H2,1-2H3. The Balaban J connectivity index is 3.84. The number of aliphatic hydroxyl groups excluding tert-OH is 1. The predicted molar refractivity (Wildman–Crippen MR) is 46.6 cm³/mol. The smallest absolute Gasteiger partial charge is 0.152 e. The molecule has 0 radical (unpaired) electrons. The molecule has 1 atom stereocenters. The summed E-state index contributed by atoms with van der Waals surface area (Å²) in [6, 6.07) is 0. The van der Waals surface area contributed by atoms with Gasteiger partial charge in [0.2, 0.25) is 0 Å². The van der Waals surface area contributed by atoms with E-state index in [-0.39, 0.29) is 12.0 Å². The Bertz CT molecular complexity index is 85.4. The molecule has 0 aromatic carbocycles. The van der Waals surface area contributed by atoms with Crippen molar-refractivity contribution in [2.75, 3.05) is 13.2 Å². The van der Waals surface area contributed by atoms with Gasteiger partial charge in [-0.25, -0.2) is 0 Å². The lowest BCUT2D eigenvalue weighted by Gasteiger charge is -2.28. The van der Waals surface area contributed by atoms with E-state index in [0.29, 0.717) is 6.61 Å². The van der Waals surface area contributed by atoms with Crippen LogP contribution < -0.4 is 0 Å². The molecule has 4 heteroatoms. The lowest BCUT2D eigenvalue weighted by molar-refractivity contribution is 0.0621. The molecule has 0 aliphatic heterocycles. The van der Waals surface area contributed by atoms with Gasteiger partial charge in [-0.3, -0.25) is 0 Å². The van der Waals surface area contributed by atoms with Crippen molar-refractivity contribution in [2.45, 2.75) is 26.7 Å². The highest BCUT2D eigenvalue weighted by atomic mass is 31.1. The van der Waals surface area contributed by atoms with E-state index < -0.39 is 9.03 Å². The number of rotatable bonds is 6. The molecule has 0 bridgehead atoms. The molecule has 0 saturated carbocycles. The van der Waals surface area contributed by atoms with Gasteiger partial charge in [0.05, 0.1) is 13.2 Å². The number of hydrogen-bond donors (Lipinski definition) is 2. The highest BCUT2D eigenvalue weighted by Gasteiger charge is 2.25. The minimum atomic E-state index is -0.471. The molecule has 0 spiro atoms. The average molecular weight is 180 g/mol. The van der Waals surface area contributed by atoms with Crippen molar-refractivity contribution < 1.29 is 14.5 Å². The molecule has 0 aromatic rings. The van der Waals surface area contributed by atoms with E-state index in [1.54, 1.807) is 0 Å². The molecule has 0 aliphatic carbocycles. The van der Waals surface area contributed by atoms with Crippen molar-refractivity contribution >= 4 is 9.03 Å². The molecule has 0 heterocycles. The summed E-state index contributed by atoms with van der Waals surface area (Å²) in [5, 5.41) is 9.04. The molecule has 0 amide bonds. The van der Waals surface area contributed by atoms with Crippen molar-refractivity contribution in [3.63, 3.8) is 0 Å². The summed E-state index contributed by atoms with van der Waals surface area (Å²) in [4.78, 5) is 8.44. The fourth-order valence-electron chi connectivity index (χ4n) is 0.909. The minimum absolute atomic E-state index is 0.129. The SMILES string of the molecule is CCC(CC)(CO)COPO. The maximum Gasteiger partial charge on any atom is 0.152 e. The van der Waals surface area contributed by atoms with Crippen LogP contribution in [0.5, 0.6) is 0 Å². The Morgan fingerprint density at radius 3 is 2.18 bits per heavy atom. The van der Waals surface area contributed by atoms with E-state index in [0.717, 1.165) is 12.8 Å². The van der Waals surface area contributed by atoms with E-state index in [2.05, 4.69) is 0 Å². The summed E-state index contributed by atoms with van der Waals surface area (Å²) >= 11 is 0. The van der Waals surface area contributed by atoms with Crippen LogP contribution >= 0.6 is 9.03 Å². The lowest BCUT2D eigenvalue weighted by atomic mass is 9.84. The molecule has 11 heavy (non-hydrogen) atoms. The summed E-state index contributed by atoms with van der Waals surface area (Å²) in [5.41, 5.74) is -0.143. The maximum atomic E-state index is 9.04. The summed E-state index contributed by atoms with van der Waals surface area (Å²) in [6.45, 7) is 4.61. The van der Waals surface area contributed by atoms with E-state index >= 15 is 0 Å². The Labute approximate surface area is 69.7 Å². The second-order valence-electron chi connectivity index (χ2n) is 2.75. The topological polar surface area (TPSA) is 49.7 Å². The molecule has 0 fully saturated rings. The highest BCUT2D eigenvalue weighted by Crippen LogP contribution is 2.27. The van der Waals surface area contributed by atoms with Crippen LogP contribution in [-0.4, -0.2) is 23.2 Å². The fourth-order valence-corrected chi connectivity index (χ4v) is 1.28. The second kappa shape index (κ2) is 5.90. The van der Waals surface area contributed by atoms with E-state index in [4.69, 9.17) is 14.5 Å². The van der Waals surface area contributed by atoms with Crippen molar-refractivity contribution in [1.82, 2.24) is 0 Å². The quantitative estimate of drug-likeness (QED) is 0.606. The monoisotopic (exact) mass is 180 g/mol. The van der Waals surface area contributed by atoms with Crippen LogP contribution in [0.1, 0.15) is 26.7 Å². The zero-order valence-electron chi connectivity index (χ0n) is 7.13. The third-order valence-corrected chi connectivity index (χ3v) is 2.55.